The number of aromatic nitrogens is 1. The number of benzene rings is 4. The monoisotopic (exact) mass is 727 g/mol. The number of ether oxygens (including phenoxy) is 1. The maximum absolute atomic E-state index is 13.2. The summed E-state index contributed by atoms with van der Waals surface area (Å²) in [6, 6.07) is 24.6. The lowest BCUT2D eigenvalue weighted by Crippen LogP contribution is -2.37. The van der Waals surface area contributed by atoms with Crippen molar-refractivity contribution in [3.8, 4) is 17.2 Å². The van der Waals surface area contributed by atoms with Gasteiger partial charge in [0.2, 0.25) is 0 Å². The molecule has 4 aliphatic rings. The molecule has 2 heterocycles. The lowest BCUT2D eigenvalue weighted by molar-refractivity contribution is -0.139. The molecule has 3 aromatic carbocycles. The van der Waals surface area contributed by atoms with Gasteiger partial charge in [-0.1, -0.05) is 70.7 Å². The van der Waals surface area contributed by atoms with Gasteiger partial charge in [-0.3, -0.25) is 14.4 Å². The molecule has 1 saturated carbocycles. The van der Waals surface area contributed by atoms with E-state index in [1.165, 1.54) is 74.6 Å². The summed E-state index contributed by atoms with van der Waals surface area (Å²) in [7, 11) is 0. The third-order valence-corrected chi connectivity index (χ3v) is 11.4. The third-order valence-electron chi connectivity index (χ3n) is 11.4. The lowest BCUT2D eigenvalue weighted by atomic mass is 9.77. The fourth-order valence-electron chi connectivity index (χ4n) is 8.26. The quantitative estimate of drug-likeness (QED) is 0.0591. The van der Waals surface area contributed by atoms with Crippen molar-refractivity contribution >= 4 is 34.4 Å². The Bertz CT molecular complexity index is 2070. The number of anilines is 2. The predicted octanol–water partition coefficient (Wildman–Crippen LogP) is 10.4. The summed E-state index contributed by atoms with van der Waals surface area (Å²) in [5.41, 5.74) is 5.32. The summed E-state index contributed by atoms with van der Waals surface area (Å²) >= 11 is 0. The van der Waals surface area contributed by atoms with E-state index in [9.17, 15) is 14.4 Å². The highest BCUT2D eigenvalue weighted by atomic mass is 16.5. The van der Waals surface area contributed by atoms with Gasteiger partial charge in [-0.2, -0.15) is 0 Å². The second-order valence-corrected chi connectivity index (χ2v) is 15.9. The topological polar surface area (TPSA) is 102 Å². The van der Waals surface area contributed by atoms with Crippen molar-refractivity contribution in [3.05, 3.63) is 106 Å². The number of piperidine rings is 1. The molecule has 2 fully saturated rings. The van der Waals surface area contributed by atoms with Gasteiger partial charge in [0.15, 0.2) is 16.8 Å². The van der Waals surface area contributed by atoms with Crippen LogP contribution in [0.5, 0.6) is 5.75 Å². The second kappa shape index (κ2) is 17.0. The standard InChI is InChI=1S/C46H53N3O5/c1-4-5-6-7-31-8-12-33(13-9-31)34-14-19-38(20-15-34)53-46(52)35-22-24-49(25-23-35)37-18-21-40-43(27-37)54-44-29-42(50)39(28-41(44)48-40)45(51)47-36-16-10-32(11-17-36)26-30(2)3/h10-11,14-21,27-31,33,35H,4-9,12-13,22-26H2,1-3H3,(H,47,51). The number of nitrogens with one attached hydrogen (secondary N) is 1. The van der Waals surface area contributed by atoms with E-state index in [2.05, 4.69) is 43.1 Å². The van der Waals surface area contributed by atoms with Crippen LogP contribution in [0.2, 0.25) is 0 Å². The first-order valence-corrected chi connectivity index (χ1v) is 20.1. The summed E-state index contributed by atoms with van der Waals surface area (Å²) in [4.78, 5) is 46.2. The van der Waals surface area contributed by atoms with Crippen LogP contribution >= 0.6 is 0 Å². The number of carbonyl (C=O) groups is 2. The Kier molecular flexibility index (Phi) is 11.8. The minimum atomic E-state index is -0.485. The summed E-state index contributed by atoms with van der Waals surface area (Å²) in [6.45, 7) is 8.01. The molecule has 8 nitrogen and oxygen atoms in total. The van der Waals surface area contributed by atoms with Crippen LogP contribution < -0.4 is 20.4 Å². The summed E-state index contributed by atoms with van der Waals surface area (Å²) < 4.78 is 12.0. The van der Waals surface area contributed by atoms with E-state index in [-0.39, 0.29) is 17.5 Å². The molecule has 2 aliphatic heterocycles. The van der Waals surface area contributed by atoms with Gasteiger partial charge < -0.3 is 19.4 Å². The molecular formula is C46H53N3O5. The largest absolute Gasteiger partial charge is 0.453 e. The van der Waals surface area contributed by atoms with Gasteiger partial charge in [0, 0.05) is 36.6 Å². The zero-order chi connectivity index (χ0) is 37.6. The number of hydrogen-bond donors (Lipinski definition) is 1. The average Bonchev–Trinajstić information content (AvgIpc) is 3.18. The molecule has 8 heteroatoms. The normalized spacial score (nSPS) is 18.0. The van der Waals surface area contributed by atoms with E-state index in [1.807, 2.05) is 54.6 Å². The van der Waals surface area contributed by atoms with Gasteiger partial charge >= 0.3 is 5.97 Å². The summed E-state index contributed by atoms with van der Waals surface area (Å²) in [5, 5.41) is 2.84. The number of nitrogens with zero attached hydrogens (tertiary/aromatic N) is 2. The smallest absolute Gasteiger partial charge is 0.314 e. The molecule has 0 aromatic heterocycles. The number of esters is 1. The number of carbonyl (C=O) groups excluding carboxylic acids is 2. The van der Waals surface area contributed by atoms with Gasteiger partial charge in [-0.25, -0.2) is 4.98 Å². The molecule has 0 bridgehead atoms. The molecule has 1 N–H and O–H groups in total. The Balaban J connectivity index is 0.928. The molecule has 0 radical (unpaired) electrons. The van der Waals surface area contributed by atoms with Gasteiger partial charge in [-0.15, -0.1) is 0 Å². The van der Waals surface area contributed by atoms with Crippen LogP contribution in [0.1, 0.15) is 112 Å². The summed E-state index contributed by atoms with van der Waals surface area (Å²) in [6.07, 6.45) is 12.9. The number of unbranched alkanes of at least 4 members (excludes halogenated alkanes) is 2. The zero-order valence-corrected chi connectivity index (χ0v) is 31.9. The maximum Gasteiger partial charge on any atom is 0.314 e. The van der Waals surface area contributed by atoms with Crippen molar-refractivity contribution < 1.29 is 18.7 Å². The van der Waals surface area contributed by atoms with E-state index in [0.29, 0.717) is 71.8 Å². The molecule has 0 spiro atoms. The minimum absolute atomic E-state index is 0.0105. The minimum Gasteiger partial charge on any atom is -0.453 e. The van der Waals surface area contributed by atoms with Gasteiger partial charge in [-0.05, 0) is 116 Å². The van der Waals surface area contributed by atoms with Crippen molar-refractivity contribution in [3.63, 3.8) is 0 Å². The van der Waals surface area contributed by atoms with Crippen molar-refractivity contribution in [2.75, 3.05) is 23.3 Å². The van der Waals surface area contributed by atoms with Crippen LogP contribution in [-0.4, -0.2) is 29.9 Å². The highest BCUT2D eigenvalue weighted by molar-refractivity contribution is 6.05. The van der Waals surface area contributed by atoms with Gasteiger partial charge in [0.1, 0.15) is 17.0 Å². The van der Waals surface area contributed by atoms with Crippen LogP contribution in [0.15, 0.2) is 88.1 Å². The van der Waals surface area contributed by atoms with E-state index >= 15 is 0 Å². The molecule has 3 aromatic rings. The van der Waals surface area contributed by atoms with E-state index in [0.717, 1.165) is 18.0 Å². The van der Waals surface area contributed by atoms with Gasteiger partial charge in [0.05, 0.1) is 11.5 Å². The Labute approximate surface area is 318 Å². The third kappa shape index (κ3) is 9.03. The molecule has 0 atom stereocenters. The Morgan fingerprint density at radius 2 is 1.63 bits per heavy atom. The first kappa shape index (κ1) is 37.3. The number of rotatable bonds is 12. The van der Waals surface area contributed by atoms with Crippen molar-refractivity contribution in [1.82, 2.24) is 4.98 Å². The fourth-order valence-corrected chi connectivity index (χ4v) is 8.26. The van der Waals surface area contributed by atoms with Crippen molar-refractivity contribution in [2.24, 2.45) is 17.8 Å². The summed E-state index contributed by atoms with van der Waals surface area (Å²) in [5.74, 6) is 2.16. The number of amides is 1. The highest BCUT2D eigenvalue weighted by Crippen LogP contribution is 2.38. The van der Waals surface area contributed by atoms with Crippen LogP contribution in [0.25, 0.3) is 22.6 Å². The van der Waals surface area contributed by atoms with Crippen LogP contribution in [0.3, 0.4) is 0 Å². The molecule has 7 rings (SSSR count). The SMILES string of the molecule is CCCCCC1CCC(c2ccc(OC(=O)C3CCN(c4ccc5nc6cc(C(=O)Nc7ccc(CC(C)C)cc7)c(=O)cc-6oc5c4)CC3)cc2)CC1. The molecule has 1 amide bonds. The molecule has 2 aliphatic carbocycles. The van der Waals surface area contributed by atoms with E-state index in [4.69, 9.17) is 14.1 Å². The van der Waals surface area contributed by atoms with Crippen LogP contribution in [0, 0.1) is 17.8 Å². The van der Waals surface area contributed by atoms with Crippen molar-refractivity contribution in [2.45, 2.75) is 97.3 Å². The Morgan fingerprint density at radius 3 is 2.33 bits per heavy atom. The Morgan fingerprint density at radius 1 is 0.889 bits per heavy atom. The molecular weight excluding hydrogens is 675 g/mol. The van der Waals surface area contributed by atoms with Crippen molar-refractivity contribution in [1.29, 1.82) is 0 Å². The molecule has 1 saturated heterocycles. The van der Waals surface area contributed by atoms with Gasteiger partial charge in [0.25, 0.3) is 5.91 Å². The number of hydrogen-bond acceptors (Lipinski definition) is 7. The first-order chi connectivity index (χ1) is 26.2. The van der Waals surface area contributed by atoms with E-state index < -0.39 is 11.3 Å². The predicted molar refractivity (Wildman–Crippen MR) is 216 cm³/mol. The average molecular weight is 728 g/mol. The maximum atomic E-state index is 13.2. The zero-order valence-electron chi connectivity index (χ0n) is 31.9. The molecule has 282 valence electrons. The second-order valence-electron chi connectivity index (χ2n) is 15.9. The molecule has 0 unspecified atom stereocenters. The lowest BCUT2D eigenvalue weighted by Gasteiger charge is -2.32. The number of fused-ring (bicyclic) bond motifs is 2. The highest BCUT2D eigenvalue weighted by Gasteiger charge is 2.28. The Hall–Kier alpha value is -4.98. The van der Waals surface area contributed by atoms with Crippen LogP contribution in [0.4, 0.5) is 11.4 Å². The van der Waals surface area contributed by atoms with Crippen LogP contribution in [-0.2, 0) is 11.2 Å². The fraction of sp³-hybridized carbons (Fsp3) is 0.435. The van der Waals surface area contributed by atoms with E-state index in [1.54, 1.807) is 0 Å². The molecule has 54 heavy (non-hydrogen) atoms. The first-order valence-electron chi connectivity index (χ1n) is 20.1.